The standard InChI is InChI=1S/C51H42N2/c1-51(2)47-19-11-9-17-43(47)44-31-30-42(34-48(44)51)52(39-15-7-4-8-16-39)40-26-23-37(24-27-40)38-25-32-50-46(33-38)45-18-10-12-20-49(45)53(50)41-28-21-36(22-29-41)35-13-5-3-6-14-35/h3-30,32-33,44,48H,31,34H2,1-2H3. The number of anilines is 2. The summed E-state index contributed by atoms with van der Waals surface area (Å²) in [6, 6.07) is 64.6. The molecule has 2 unspecified atom stereocenters. The molecule has 2 nitrogen and oxygen atoms in total. The maximum Gasteiger partial charge on any atom is 0.0541 e. The van der Waals surface area contributed by atoms with E-state index in [1.807, 2.05) is 0 Å². The van der Waals surface area contributed by atoms with Gasteiger partial charge in [-0.1, -0.05) is 141 Å². The molecule has 0 amide bonds. The van der Waals surface area contributed by atoms with Crippen molar-refractivity contribution in [3.8, 4) is 27.9 Å². The van der Waals surface area contributed by atoms with E-state index >= 15 is 0 Å². The molecule has 7 aromatic carbocycles. The van der Waals surface area contributed by atoms with E-state index in [0.29, 0.717) is 11.8 Å². The molecule has 2 atom stereocenters. The normalized spacial score (nSPS) is 17.4. The van der Waals surface area contributed by atoms with Crippen LogP contribution < -0.4 is 4.90 Å². The molecule has 0 N–H and O–H groups in total. The van der Waals surface area contributed by atoms with Crippen LogP contribution in [0.1, 0.15) is 43.7 Å². The SMILES string of the molecule is CC1(C)c2ccccc2C2CC=C(N(c3ccccc3)c3ccc(-c4ccc5c(c4)c4ccccc4n5-c4ccc(-c5ccccc5)cc4)cc3)CC21. The first-order valence-corrected chi connectivity index (χ1v) is 19.0. The summed E-state index contributed by atoms with van der Waals surface area (Å²) in [6.45, 7) is 4.91. The van der Waals surface area contributed by atoms with Crippen molar-refractivity contribution >= 4 is 33.2 Å². The zero-order chi connectivity index (χ0) is 35.5. The molecule has 0 saturated heterocycles. The molecule has 256 valence electrons. The minimum Gasteiger partial charge on any atom is -0.315 e. The lowest BCUT2D eigenvalue weighted by Crippen LogP contribution is -2.31. The van der Waals surface area contributed by atoms with Crippen LogP contribution in [0.15, 0.2) is 188 Å². The molecule has 1 heterocycles. The summed E-state index contributed by atoms with van der Waals surface area (Å²) in [6.07, 6.45) is 4.64. The largest absolute Gasteiger partial charge is 0.315 e. The average molecular weight is 683 g/mol. The smallest absolute Gasteiger partial charge is 0.0541 e. The van der Waals surface area contributed by atoms with Gasteiger partial charge in [0.1, 0.15) is 0 Å². The van der Waals surface area contributed by atoms with Crippen LogP contribution >= 0.6 is 0 Å². The van der Waals surface area contributed by atoms with Crippen molar-refractivity contribution in [1.29, 1.82) is 0 Å². The van der Waals surface area contributed by atoms with Crippen molar-refractivity contribution in [3.05, 3.63) is 199 Å². The minimum atomic E-state index is 0.139. The van der Waals surface area contributed by atoms with Gasteiger partial charge in [0.25, 0.3) is 0 Å². The van der Waals surface area contributed by atoms with E-state index < -0.39 is 0 Å². The topological polar surface area (TPSA) is 8.17 Å². The Kier molecular flexibility index (Phi) is 7.47. The van der Waals surface area contributed by atoms with Crippen molar-refractivity contribution in [2.75, 3.05) is 4.90 Å². The summed E-state index contributed by atoms with van der Waals surface area (Å²) in [5.41, 5.74) is 15.5. The number of fused-ring (bicyclic) bond motifs is 6. The number of nitrogens with zero attached hydrogens (tertiary/aromatic N) is 2. The predicted molar refractivity (Wildman–Crippen MR) is 223 cm³/mol. The number of allylic oxidation sites excluding steroid dienone is 2. The molecule has 8 aromatic rings. The van der Waals surface area contributed by atoms with Gasteiger partial charge in [-0.25, -0.2) is 0 Å². The summed E-state index contributed by atoms with van der Waals surface area (Å²) in [4.78, 5) is 2.50. The summed E-state index contributed by atoms with van der Waals surface area (Å²) >= 11 is 0. The van der Waals surface area contributed by atoms with E-state index in [4.69, 9.17) is 0 Å². The van der Waals surface area contributed by atoms with E-state index in [1.54, 1.807) is 5.56 Å². The molecule has 0 spiro atoms. The fourth-order valence-electron chi connectivity index (χ4n) is 9.49. The van der Waals surface area contributed by atoms with Gasteiger partial charge in [0.2, 0.25) is 0 Å². The molecular formula is C51H42N2. The zero-order valence-corrected chi connectivity index (χ0v) is 30.3. The Hall–Kier alpha value is -6.12. The highest BCUT2D eigenvalue weighted by Crippen LogP contribution is 2.57. The number of hydrogen-bond acceptors (Lipinski definition) is 1. The van der Waals surface area contributed by atoms with Crippen LogP contribution in [-0.4, -0.2) is 4.57 Å². The van der Waals surface area contributed by atoms with Gasteiger partial charge in [0.05, 0.1) is 11.0 Å². The monoisotopic (exact) mass is 682 g/mol. The Morgan fingerprint density at radius 1 is 0.528 bits per heavy atom. The van der Waals surface area contributed by atoms with Crippen LogP contribution in [0.25, 0.3) is 49.7 Å². The predicted octanol–water partition coefficient (Wildman–Crippen LogP) is 13.6. The van der Waals surface area contributed by atoms with Crippen LogP contribution in [-0.2, 0) is 5.41 Å². The van der Waals surface area contributed by atoms with Crippen LogP contribution in [0.3, 0.4) is 0 Å². The quantitative estimate of drug-likeness (QED) is 0.169. The van der Waals surface area contributed by atoms with E-state index in [2.05, 4.69) is 205 Å². The molecule has 2 heteroatoms. The number of benzene rings is 7. The highest BCUT2D eigenvalue weighted by molar-refractivity contribution is 6.10. The van der Waals surface area contributed by atoms with Crippen LogP contribution in [0.5, 0.6) is 0 Å². The molecule has 2 aliphatic carbocycles. The van der Waals surface area contributed by atoms with E-state index in [1.165, 1.54) is 72.4 Å². The number of para-hydroxylation sites is 2. The Bertz CT molecular complexity index is 2630. The van der Waals surface area contributed by atoms with Crippen molar-refractivity contribution in [1.82, 2.24) is 4.57 Å². The van der Waals surface area contributed by atoms with E-state index in [9.17, 15) is 0 Å². The molecule has 0 radical (unpaired) electrons. The van der Waals surface area contributed by atoms with Gasteiger partial charge < -0.3 is 9.47 Å². The minimum absolute atomic E-state index is 0.139. The molecule has 53 heavy (non-hydrogen) atoms. The van der Waals surface area contributed by atoms with Gasteiger partial charge in [-0.2, -0.15) is 0 Å². The molecule has 0 saturated carbocycles. The van der Waals surface area contributed by atoms with Crippen LogP contribution in [0.4, 0.5) is 11.4 Å². The first kappa shape index (κ1) is 31.6. The second kappa shape index (κ2) is 12.5. The highest BCUT2D eigenvalue weighted by Gasteiger charge is 2.47. The van der Waals surface area contributed by atoms with Crippen molar-refractivity contribution in [3.63, 3.8) is 0 Å². The second-order valence-electron chi connectivity index (χ2n) is 15.4. The molecule has 1 aromatic heterocycles. The lowest BCUT2D eigenvalue weighted by Gasteiger charge is -2.39. The molecule has 0 bridgehead atoms. The number of rotatable bonds is 6. The lowest BCUT2D eigenvalue weighted by atomic mass is 9.70. The summed E-state index contributed by atoms with van der Waals surface area (Å²) in [5, 5.41) is 2.53. The Balaban J connectivity index is 0.997. The number of aromatic nitrogens is 1. The average Bonchev–Trinajstić information content (AvgIpc) is 3.67. The van der Waals surface area contributed by atoms with E-state index in [0.717, 1.165) is 12.8 Å². The van der Waals surface area contributed by atoms with Crippen LogP contribution in [0, 0.1) is 5.92 Å². The maximum absolute atomic E-state index is 2.51. The summed E-state index contributed by atoms with van der Waals surface area (Å²) < 4.78 is 2.40. The van der Waals surface area contributed by atoms with Gasteiger partial charge in [-0.15, -0.1) is 0 Å². The first-order valence-electron chi connectivity index (χ1n) is 19.0. The Labute approximate surface area is 312 Å². The van der Waals surface area contributed by atoms with Gasteiger partial charge >= 0.3 is 0 Å². The summed E-state index contributed by atoms with van der Waals surface area (Å²) in [5.74, 6) is 1.15. The summed E-state index contributed by atoms with van der Waals surface area (Å²) in [7, 11) is 0. The van der Waals surface area contributed by atoms with Crippen LogP contribution in [0.2, 0.25) is 0 Å². The second-order valence-corrected chi connectivity index (χ2v) is 15.4. The van der Waals surface area contributed by atoms with Gasteiger partial charge in [0, 0.05) is 33.5 Å². The van der Waals surface area contributed by atoms with Gasteiger partial charge in [-0.3, -0.25) is 0 Å². The lowest BCUT2D eigenvalue weighted by molar-refractivity contribution is 0.289. The molecule has 2 aliphatic rings. The fourth-order valence-corrected chi connectivity index (χ4v) is 9.49. The Morgan fingerprint density at radius 3 is 1.91 bits per heavy atom. The maximum atomic E-state index is 2.51. The molecule has 0 fully saturated rings. The highest BCUT2D eigenvalue weighted by atomic mass is 15.1. The van der Waals surface area contributed by atoms with Gasteiger partial charge in [-0.05, 0) is 118 Å². The number of hydrogen-bond donors (Lipinski definition) is 0. The first-order chi connectivity index (χ1) is 26.0. The third kappa shape index (κ3) is 5.24. The third-order valence-electron chi connectivity index (χ3n) is 12.2. The molecular weight excluding hydrogens is 641 g/mol. The Morgan fingerprint density at radius 2 is 1.11 bits per heavy atom. The zero-order valence-electron chi connectivity index (χ0n) is 30.3. The van der Waals surface area contributed by atoms with Crippen molar-refractivity contribution in [2.45, 2.75) is 38.0 Å². The van der Waals surface area contributed by atoms with Crippen molar-refractivity contribution in [2.24, 2.45) is 5.92 Å². The van der Waals surface area contributed by atoms with E-state index in [-0.39, 0.29) is 5.41 Å². The molecule has 0 aliphatic heterocycles. The third-order valence-corrected chi connectivity index (χ3v) is 12.2. The molecule has 10 rings (SSSR count). The van der Waals surface area contributed by atoms with Gasteiger partial charge in [0.15, 0.2) is 0 Å². The fraction of sp³-hybridized carbons (Fsp3) is 0.137. The van der Waals surface area contributed by atoms with Crippen molar-refractivity contribution < 1.29 is 0 Å².